The third-order valence-corrected chi connectivity index (χ3v) is 0.691. The predicted octanol–water partition coefficient (Wildman–Crippen LogP) is 2.86. The average Bonchev–Trinajstić information content (AvgIpc) is 1.86. The van der Waals surface area contributed by atoms with Crippen LogP contribution in [-0.4, -0.2) is 10.7 Å². The average molecular weight is 146 g/mol. The van der Waals surface area contributed by atoms with Crippen LogP contribution in [0.3, 0.4) is 0 Å². The highest BCUT2D eigenvalue weighted by molar-refractivity contribution is 7.78. The summed E-state index contributed by atoms with van der Waals surface area (Å²) in [4.78, 5) is 0. The molecule has 0 aromatic heterocycles. The fraction of sp³-hybridized carbons (Fsp3) is 0.571. The minimum Gasteiger partial charge on any atom is -0.504 e. The molecule has 0 rings (SSSR count). The number of thiocarbonyl (C=S) groups is 1. The fourth-order valence-electron chi connectivity index (χ4n) is 0.333. The van der Waals surface area contributed by atoms with E-state index >= 15 is 0 Å². The Bertz CT molecular complexity index is 69.3. The van der Waals surface area contributed by atoms with Crippen LogP contribution in [0.1, 0.15) is 26.7 Å². The van der Waals surface area contributed by atoms with Gasteiger partial charge in [-0.1, -0.05) is 25.5 Å². The van der Waals surface area contributed by atoms with E-state index in [-0.39, 0.29) is 0 Å². The Labute approximate surface area is 62.4 Å². The molecule has 0 fully saturated rings. The lowest BCUT2D eigenvalue weighted by Crippen LogP contribution is -1.55. The van der Waals surface area contributed by atoms with Crippen LogP contribution in [0.15, 0.2) is 12.2 Å². The van der Waals surface area contributed by atoms with Gasteiger partial charge in [0.05, 0.1) is 0 Å². The first-order valence-corrected chi connectivity index (χ1v) is 3.49. The van der Waals surface area contributed by atoms with Crippen molar-refractivity contribution in [1.82, 2.24) is 0 Å². The highest BCUT2D eigenvalue weighted by Gasteiger charge is 1.64. The van der Waals surface area contributed by atoms with Crippen molar-refractivity contribution in [1.29, 1.82) is 0 Å². The van der Waals surface area contributed by atoms with Crippen LogP contribution in [-0.2, 0) is 0 Å². The maximum atomic E-state index is 7.26. The molecule has 0 atom stereocenters. The van der Waals surface area contributed by atoms with Crippen molar-refractivity contribution in [2.24, 2.45) is 0 Å². The van der Waals surface area contributed by atoms with E-state index in [1.54, 1.807) is 0 Å². The number of unbranched alkanes of at least 4 members (excludes halogenated alkanes) is 1. The van der Waals surface area contributed by atoms with Gasteiger partial charge in [-0.05, 0) is 25.6 Å². The Balaban J connectivity index is 0. The standard InChI is InChI=1S/C6H12.CH2OS/c1-3-5-6-4-2;2-1-3/h3,5H,4,6H2,1-2H3;1H,(H,2,3). The SMILES string of the molecule is CC=CCCC.OC=S. The van der Waals surface area contributed by atoms with Crippen molar-refractivity contribution in [3.8, 4) is 0 Å². The van der Waals surface area contributed by atoms with Crippen LogP contribution in [0.5, 0.6) is 0 Å². The number of hydrogen-bond acceptors (Lipinski definition) is 1. The Hall–Kier alpha value is -0.370. The second kappa shape index (κ2) is 15.6. The van der Waals surface area contributed by atoms with E-state index in [4.69, 9.17) is 5.11 Å². The molecular formula is C7H14OS. The smallest absolute Gasteiger partial charge is 0.142 e. The quantitative estimate of drug-likeness (QED) is 0.477. The molecule has 0 saturated carbocycles. The van der Waals surface area contributed by atoms with Gasteiger partial charge in [-0.15, -0.1) is 0 Å². The molecule has 0 amide bonds. The molecule has 0 bridgehead atoms. The highest BCUT2D eigenvalue weighted by atomic mass is 32.1. The van der Waals surface area contributed by atoms with Gasteiger partial charge in [0.2, 0.25) is 0 Å². The monoisotopic (exact) mass is 146 g/mol. The van der Waals surface area contributed by atoms with E-state index in [0.29, 0.717) is 5.55 Å². The molecule has 0 aliphatic rings. The van der Waals surface area contributed by atoms with E-state index in [0.717, 1.165) is 0 Å². The van der Waals surface area contributed by atoms with Crippen LogP contribution in [0.4, 0.5) is 0 Å². The normalized spacial score (nSPS) is 8.22. The predicted molar refractivity (Wildman–Crippen MR) is 46.0 cm³/mol. The largest absolute Gasteiger partial charge is 0.504 e. The second-order valence-corrected chi connectivity index (χ2v) is 1.67. The van der Waals surface area contributed by atoms with Crippen molar-refractivity contribution in [2.45, 2.75) is 26.7 Å². The molecule has 1 N–H and O–H groups in total. The third kappa shape index (κ3) is 35.0. The Morgan fingerprint density at radius 2 is 2.00 bits per heavy atom. The van der Waals surface area contributed by atoms with Crippen LogP contribution in [0.25, 0.3) is 0 Å². The zero-order valence-electron chi connectivity index (χ0n) is 6.00. The molecule has 0 spiro atoms. The van der Waals surface area contributed by atoms with Gasteiger partial charge in [0.15, 0.2) is 0 Å². The Morgan fingerprint density at radius 1 is 1.56 bits per heavy atom. The summed E-state index contributed by atoms with van der Waals surface area (Å²) < 4.78 is 0. The summed E-state index contributed by atoms with van der Waals surface area (Å²) in [6.45, 7) is 4.23. The van der Waals surface area contributed by atoms with Gasteiger partial charge < -0.3 is 5.11 Å². The topological polar surface area (TPSA) is 20.2 Å². The van der Waals surface area contributed by atoms with Crippen LogP contribution in [0.2, 0.25) is 0 Å². The van der Waals surface area contributed by atoms with Gasteiger partial charge in [0.1, 0.15) is 5.55 Å². The van der Waals surface area contributed by atoms with Gasteiger partial charge >= 0.3 is 0 Å². The molecule has 0 aliphatic carbocycles. The van der Waals surface area contributed by atoms with E-state index in [1.807, 2.05) is 0 Å². The first-order valence-electron chi connectivity index (χ1n) is 3.02. The molecule has 54 valence electrons. The van der Waals surface area contributed by atoms with Gasteiger partial charge in [0.25, 0.3) is 0 Å². The number of rotatable bonds is 2. The van der Waals surface area contributed by atoms with Crippen LogP contribution in [0, 0.1) is 0 Å². The maximum absolute atomic E-state index is 7.26. The zero-order valence-corrected chi connectivity index (χ0v) is 6.82. The third-order valence-electron chi connectivity index (χ3n) is 0.691. The molecule has 9 heavy (non-hydrogen) atoms. The molecule has 0 heterocycles. The number of hydrogen-bond donors (Lipinski definition) is 1. The highest BCUT2D eigenvalue weighted by Crippen LogP contribution is 1.85. The van der Waals surface area contributed by atoms with Gasteiger partial charge in [-0.3, -0.25) is 0 Å². The van der Waals surface area contributed by atoms with E-state index < -0.39 is 0 Å². The van der Waals surface area contributed by atoms with Crippen molar-refractivity contribution < 1.29 is 5.11 Å². The molecule has 0 unspecified atom stereocenters. The number of allylic oxidation sites excluding steroid dienone is 2. The molecule has 0 aromatic carbocycles. The summed E-state index contributed by atoms with van der Waals surface area (Å²) in [6, 6.07) is 0. The van der Waals surface area contributed by atoms with Crippen LogP contribution >= 0.6 is 12.2 Å². The van der Waals surface area contributed by atoms with Gasteiger partial charge in [-0.25, -0.2) is 0 Å². The molecule has 0 aliphatic heterocycles. The minimum absolute atomic E-state index is 0.583. The lowest BCUT2D eigenvalue weighted by molar-refractivity contribution is 0.594. The molecule has 0 aromatic rings. The first-order chi connectivity index (χ1) is 4.33. The summed E-state index contributed by atoms with van der Waals surface area (Å²) in [5.41, 5.74) is 0.583. The lowest BCUT2D eigenvalue weighted by Gasteiger charge is -1.76. The van der Waals surface area contributed by atoms with Crippen molar-refractivity contribution in [3.63, 3.8) is 0 Å². The second-order valence-electron chi connectivity index (χ2n) is 1.46. The Kier molecular flexibility index (Phi) is 19.9. The van der Waals surface area contributed by atoms with E-state index in [1.165, 1.54) is 12.8 Å². The summed E-state index contributed by atoms with van der Waals surface area (Å²) in [5.74, 6) is 0. The fourth-order valence-corrected chi connectivity index (χ4v) is 0.333. The number of aliphatic hydroxyl groups excluding tert-OH is 1. The summed E-state index contributed by atoms with van der Waals surface area (Å²) >= 11 is 3.82. The molecule has 0 saturated heterocycles. The summed E-state index contributed by atoms with van der Waals surface area (Å²) in [5, 5.41) is 7.26. The number of aliphatic hydroxyl groups is 1. The summed E-state index contributed by atoms with van der Waals surface area (Å²) in [7, 11) is 0. The molecule has 0 radical (unpaired) electrons. The lowest BCUT2D eigenvalue weighted by atomic mass is 10.3. The molecule has 2 heteroatoms. The van der Waals surface area contributed by atoms with E-state index in [9.17, 15) is 0 Å². The molecule has 1 nitrogen and oxygen atoms in total. The maximum Gasteiger partial charge on any atom is 0.142 e. The zero-order chi connectivity index (χ0) is 7.54. The summed E-state index contributed by atoms with van der Waals surface area (Å²) in [6.07, 6.45) is 6.77. The van der Waals surface area contributed by atoms with Crippen molar-refractivity contribution in [3.05, 3.63) is 12.2 Å². The van der Waals surface area contributed by atoms with Gasteiger partial charge in [-0.2, -0.15) is 0 Å². The van der Waals surface area contributed by atoms with Crippen LogP contribution < -0.4 is 0 Å². The van der Waals surface area contributed by atoms with E-state index in [2.05, 4.69) is 38.2 Å². The van der Waals surface area contributed by atoms with Crippen molar-refractivity contribution in [2.75, 3.05) is 0 Å². The minimum atomic E-state index is 0.583. The van der Waals surface area contributed by atoms with Crippen molar-refractivity contribution >= 4 is 17.8 Å². The molecular weight excluding hydrogens is 132 g/mol. The Morgan fingerprint density at radius 3 is 2.11 bits per heavy atom. The van der Waals surface area contributed by atoms with Gasteiger partial charge in [0, 0.05) is 0 Å². The first kappa shape index (κ1) is 11.4.